The fraction of sp³-hybridized carbons (Fsp3) is 0.636. The molecule has 16 heavy (non-hydrogen) atoms. The SMILES string of the molecule is CCCCCNC(=O)CNc1cc(C)on1. The maximum atomic E-state index is 11.4. The van der Waals surface area contributed by atoms with Gasteiger partial charge < -0.3 is 15.2 Å². The molecule has 0 aromatic carbocycles. The van der Waals surface area contributed by atoms with E-state index in [0.29, 0.717) is 5.82 Å². The third-order valence-electron chi connectivity index (χ3n) is 2.16. The highest BCUT2D eigenvalue weighted by Crippen LogP contribution is 2.05. The van der Waals surface area contributed by atoms with Gasteiger partial charge in [-0.1, -0.05) is 24.9 Å². The van der Waals surface area contributed by atoms with E-state index in [0.717, 1.165) is 31.6 Å². The summed E-state index contributed by atoms with van der Waals surface area (Å²) in [6.07, 6.45) is 3.34. The van der Waals surface area contributed by atoms with Crippen molar-refractivity contribution in [2.24, 2.45) is 0 Å². The van der Waals surface area contributed by atoms with Crippen molar-refractivity contribution >= 4 is 11.7 Å². The number of unbranched alkanes of at least 4 members (excludes halogenated alkanes) is 2. The number of aromatic nitrogens is 1. The number of anilines is 1. The fourth-order valence-electron chi connectivity index (χ4n) is 1.29. The summed E-state index contributed by atoms with van der Waals surface area (Å²) >= 11 is 0. The molecular weight excluding hydrogens is 206 g/mol. The first-order valence-corrected chi connectivity index (χ1v) is 5.66. The van der Waals surface area contributed by atoms with Crippen LogP contribution in [0.1, 0.15) is 31.9 Å². The average molecular weight is 225 g/mol. The minimum absolute atomic E-state index is 0.0169. The molecular formula is C11H19N3O2. The normalized spacial score (nSPS) is 10.1. The molecule has 1 amide bonds. The van der Waals surface area contributed by atoms with Crippen LogP contribution < -0.4 is 10.6 Å². The van der Waals surface area contributed by atoms with Crippen LogP contribution in [0.5, 0.6) is 0 Å². The third-order valence-corrected chi connectivity index (χ3v) is 2.16. The molecule has 0 unspecified atom stereocenters. The molecule has 0 atom stereocenters. The van der Waals surface area contributed by atoms with E-state index >= 15 is 0 Å². The van der Waals surface area contributed by atoms with E-state index < -0.39 is 0 Å². The number of rotatable bonds is 7. The summed E-state index contributed by atoms with van der Waals surface area (Å²) < 4.78 is 4.87. The Morgan fingerprint density at radius 3 is 2.94 bits per heavy atom. The number of nitrogens with zero attached hydrogens (tertiary/aromatic N) is 1. The lowest BCUT2D eigenvalue weighted by Gasteiger charge is -2.04. The van der Waals surface area contributed by atoms with Crippen molar-refractivity contribution in [2.45, 2.75) is 33.1 Å². The second kappa shape index (κ2) is 6.87. The molecule has 0 aliphatic heterocycles. The first kappa shape index (κ1) is 12.5. The van der Waals surface area contributed by atoms with Gasteiger partial charge in [0.25, 0.3) is 0 Å². The number of hydrogen-bond donors (Lipinski definition) is 2. The molecule has 0 bridgehead atoms. The third kappa shape index (κ3) is 4.82. The number of aryl methyl sites for hydroxylation is 1. The number of hydrogen-bond acceptors (Lipinski definition) is 4. The highest BCUT2D eigenvalue weighted by atomic mass is 16.5. The monoisotopic (exact) mass is 225 g/mol. The van der Waals surface area contributed by atoms with Crippen LogP contribution in [0.3, 0.4) is 0 Å². The van der Waals surface area contributed by atoms with Gasteiger partial charge in [0.2, 0.25) is 5.91 Å². The van der Waals surface area contributed by atoms with E-state index in [4.69, 9.17) is 4.52 Å². The highest BCUT2D eigenvalue weighted by Gasteiger charge is 2.03. The Labute approximate surface area is 95.6 Å². The Bertz CT molecular complexity index is 323. The topological polar surface area (TPSA) is 67.2 Å². The Kier molecular flexibility index (Phi) is 5.39. The van der Waals surface area contributed by atoms with Gasteiger partial charge in [-0.25, -0.2) is 0 Å². The first-order valence-electron chi connectivity index (χ1n) is 5.66. The van der Waals surface area contributed by atoms with Crippen LogP contribution in [0.2, 0.25) is 0 Å². The summed E-state index contributed by atoms with van der Waals surface area (Å²) in [5, 5.41) is 9.46. The van der Waals surface area contributed by atoms with Crippen LogP contribution >= 0.6 is 0 Å². The van der Waals surface area contributed by atoms with Crippen LogP contribution in [-0.4, -0.2) is 24.2 Å². The van der Waals surface area contributed by atoms with E-state index in [2.05, 4.69) is 22.7 Å². The Morgan fingerprint density at radius 2 is 2.31 bits per heavy atom. The van der Waals surface area contributed by atoms with Gasteiger partial charge in [-0.3, -0.25) is 4.79 Å². The first-order chi connectivity index (χ1) is 7.72. The van der Waals surface area contributed by atoms with Crippen LogP contribution in [0.4, 0.5) is 5.82 Å². The van der Waals surface area contributed by atoms with Crippen LogP contribution in [0, 0.1) is 6.92 Å². The van der Waals surface area contributed by atoms with Gasteiger partial charge in [0.05, 0.1) is 6.54 Å². The molecule has 0 radical (unpaired) electrons. The smallest absolute Gasteiger partial charge is 0.239 e. The predicted octanol–water partition coefficient (Wildman–Crippen LogP) is 1.70. The molecule has 5 heteroatoms. The summed E-state index contributed by atoms with van der Waals surface area (Å²) in [5.41, 5.74) is 0. The number of carbonyl (C=O) groups excluding carboxylic acids is 1. The van der Waals surface area contributed by atoms with Gasteiger partial charge in [-0.2, -0.15) is 0 Å². The summed E-state index contributed by atoms with van der Waals surface area (Å²) in [5.74, 6) is 1.31. The van der Waals surface area contributed by atoms with Crippen LogP contribution in [0.25, 0.3) is 0 Å². The Hall–Kier alpha value is -1.52. The molecule has 90 valence electrons. The molecule has 0 aliphatic carbocycles. The summed E-state index contributed by atoms with van der Waals surface area (Å²) in [6, 6.07) is 1.75. The molecule has 1 rings (SSSR count). The van der Waals surface area contributed by atoms with Gasteiger partial charge in [0, 0.05) is 12.6 Å². The van der Waals surface area contributed by atoms with Gasteiger partial charge in [-0.05, 0) is 13.3 Å². The Morgan fingerprint density at radius 1 is 1.50 bits per heavy atom. The lowest BCUT2D eigenvalue weighted by Crippen LogP contribution is -2.30. The molecule has 0 fully saturated rings. The molecule has 5 nitrogen and oxygen atoms in total. The standard InChI is InChI=1S/C11H19N3O2/c1-3-4-5-6-12-11(15)8-13-10-7-9(2)16-14-10/h7H,3-6,8H2,1-2H3,(H,12,15)(H,13,14). The molecule has 1 aromatic rings. The van der Waals surface area contributed by atoms with Gasteiger partial charge >= 0.3 is 0 Å². The van der Waals surface area contributed by atoms with Crippen molar-refractivity contribution in [3.05, 3.63) is 11.8 Å². The van der Waals surface area contributed by atoms with Crippen molar-refractivity contribution in [1.29, 1.82) is 0 Å². The molecule has 1 heterocycles. The maximum absolute atomic E-state index is 11.4. The minimum Gasteiger partial charge on any atom is -0.360 e. The summed E-state index contributed by atoms with van der Waals surface area (Å²) in [4.78, 5) is 11.4. The molecule has 0 saturated carbocycles. The second-order valence-electron chi connectivity index (χ2n) is 3.73. The summed E-state index contributed by atoms with van der Waals surface area (Å²) in [7, 11) is 0. The molecule has 0 saturated heterocycles. The maximum Gasteiger partial charge on any atom is 0.239 e. The predicted molar refractivity (Wildman–Crippen MR) is 62.3 cm³/mol. The minimum atomic E-state index is -0.0169. The van der Waals surface area contributed by atoms with Crippen molar-refractivity contribution < 1.29 is 9.32 Å². The van der Waals surface area contributed by atoms with Gasteiger partial charge in [0.15, 0.2) is 5.82 Å². The molecule has 0 spiro atoms. The lowest BCUT2D eigenvalue weighted by atomic mass is 10.2. The van der Waals surface area contributed by atoms with Crippen molar-refractivity contribution in [2.75, 3.05) is 18.4 Å². The number of amides is 1. The zero-order chi connectivity index (χ0) is 11.8. The van der Waals surface area contributed by atoms with E-state index in [1.807, 2.05) is 6.92 Å². The number of carbonyl (C=O) groups is 1. The van der Waals surface area contributed by atoms with Gasteiger partial charge in [-0.15, -0.1) is 0 Å². The van der Waals surface area contributed by atoms with Gasteiger partial charge in [0.1, 0.15) is 5.76 Å². The quantitative estimate of drug-likeness (QED) is 0.693. The van der Waals surface area contributed by atoms with Crippen LogP contribution in [-0.2, 0) is 4.79 Å². The molecule has 1 aromatic heterocycles. The molecule has 2 N–H and O–H groups in total. The van der Waals surface area contributed by atoms with E-state index in [9.17, 15) is 4.79 Å². The largest absolute Gasteiger partial charge is 0.360 e. The van der Waals surface area contributed by atoms with E-state index in [-0.39, 0.29) is 12.5 Å². The lowest BCUT2D eigenvalue weighted by molar-refractivity contribution is -0.119. The summed E-state index contributed by atoms with van der Waals surface area (Å²) in [6.45, 7) is 4.92. The zero-order valence-electron chi connectivity index (χ0n) is 9.88. The van der Waals surface area contributed by atoms with Crippen molar-refractivity contribution in [1.82, 2.24) is 10.5 Å². The van der Waals surface area contributed by atoms with Crippen LogP contribution in [0.15, 0.2) is 10.6 Å². The number of nitrogens with one attached hydrogen (secondary N) is 2. The zero-order valence-corrected chi connectivity index (χ0v) is 9.88. The average Bonchev–Trinajstić information content (AvgIpc) is 2.68. The van der Waals surface area contributed by atoms with Crippen molar-refractivity contribution in [3.8, 4) is 0 Å². The van der Waals surface area contributed by atoms with E-state index in [1.165, 1.54) is 0 Å². The van der Waals surface area contributed by atoms with Crippen molar-refractivity contribution in [3.63, 3.8) is 0 Å². The molecule has 0 aliphatic rings. The highest BCUT2D eigenvalue weighted by molar-refractivity contribution is 5.80. The fourth-order valence-corrected chi connectivity index (χ4v) is 1.29. The Balaban J connectivity index is 2.10. The second-order valence-corrected chi connectivity index (χ2v) is 3.73. The van der Waals surface area contributed by atoms with E-state index in [1.54, 1.807) is 6.07 Å².